The van der Waals surface area contributed by atoms with E-state index in [1.807, 2.05) is 24.3 Å². The Balaban J connectivity index is 1.57. The van der Waals surface area contributed by atoms with Gasteiger partial charge < -0.3 is 5.32 Å². The van der Waals surface area contributed by atoms with Gasteiger partial charge in [0, 0.05) is 5.02 Å². The normalized spacial score (nSPS) is 25.8. The Labute approximate surface area is 142 Å². The Morgan fingerprint density at radius 2 is 1.96 bits per heavy atom. The molecule has 4 rings (SSSR count). The van der Waals surface area contributed by atoms with Gasteiger partial charge in [0.25, 0.3) is 5.91 Å². The lowest BCUT2D eigenvalue weighted by atomic mass is 9.65. The molecule has 5 nitrogen and oxygen atoms in total. The first-order chi connectivity index (χ1) is 11.5. The molecule has 1 aliphatic carbocycles. The number of pyridine rings is 1. The minimum absolute atomic E-state index is 0.120. The van der Waals surface area contributed by atoms with Crippen molar-refractivity contribution >= 4 is 29.2 Å². The number of imide groups is 1. The summed E-state index contributed by atoms with van der Waals surface area (Å²) in [5.41, 5.74) is 0.334. The number of amides is 3. The molecular formula is C17H13ClFN3O2. The zero-order valence-electron chi connectivity index (χ0n) is 12.5. The molecule has 122 valence electrons. The zero-order valence-corrected chi connectivity index (χ0v) is 13.3. The van der Waals surface area contributed by atoms with Crippen LogP contribution in [0, 0.1) is 5.95 Å². The Bertz CT molecular complexity index is 834. The third-order valence-electron chi connectivity index (χ3n) is 4.67. The van der Waals surface area contributed by atoms with Crippen LogP contribution in [0.1, 0.15) is 24.3 Å². The molecule has 2 aliphatic rings. The van der Waals surface area contributed by atoms with Crippen molar-refractivity contribution in [2.24, 2.45) is 0 Å². The average Bonchev–Trinajstić information content (AvgIpc) is 2.79. The van der Waals surface area contributed by atoms with E-state index in [1.54, 1.807) is 0 Å². The summed E-state index contributed by atoms with van der Waals surface area (Å²) in [6, 6.07) is 9.48. The lowest BCUT2D eigenvalue weighted by Crippen LogP contribution is -2.56. The summed E-state index contributed by atoms with van der Waals surface area (Å²) >= 11 is 6.20. The Morgan fingerprint density at radius 3 is 2.62 bits per heavy atom. The lowest BCUT2D eigenvalue weighted by molar-refractivity contribution is -0.125. The second-order valence-corrected chi connectivity index (χ2v) is 6.53. The molecule has 24 heavy (non-hydrogen) atoms. The van der Waals surface area contributed by atoms with Gasteiger partial charge in [0.05, 0.1) is 11.9 Å². The molecule has 0 atom stereocenters. The standard InChI is InChI=1S/C17H13ClFN3O2/c18-13-4-2-1-3-12(13)10-7-17(8-10)15(23)22(16(24)21-17)11-5-6-14(19)20-9-11/h1-6,9-10H,7-8H2,(H,21,24). The molecule has 1 N–H and O–H groups in total. The number of nitrogens with one attached hydrogen (secondary N) is 1. The number of aromatic nitrogens is 1. The van der Waals surface area contributed by atoms with Gasteiger partial charge in [0.15, 0.2) is 0 Å². The number of anilines is 1. The van der Waals surface area contributed by atoms with E-state index in [4.69, 9.17) is 11.6 Å². The maximum Gasteiger partial charge on any atom is 0.329 e. The molecule has 2 fully saturated rings. The highest BCUT2D eigenvalue weighted by molar-refractivity contribution is 6.31. The SMILES string of the molecule is O=C1NC2(CC(c3ccccc3Cl)C2)C(=O)N1c1ccc(F)nc1. The molecule has 1 saturated carbocycles. The second-order valence-electron chi connectivity index (χ2n) is 6.12. The van der Waals surface area contributed by atoms with E-state index in [0.29, 0.717) is 17.9 Å². The van der Waals surface area contributed by atoms with Crippen LogP contribution in [-0.4, -0.2) is 22.5 Å². The molecule has 3 amide bonds. The van der Waals surface area contributed by atoms with E-state index in [2.05, 4.69) is 10.3 Å². The highest BCUT2D eigenvalue weighted by Crippen LogP contribution is 2.49. The van der Waals surface area contributed by atoms with Gasteiger partial charge >= 0.3 is 6.03 Å². The van der Waals surface area contributed by atoms with Gasteiger partial charge in [-0.2, -0.15) is 4.39 Å². The van der Waals surface area contributed by atoms with Crippen molar-refractivity contribution in [2.75, 3.05) is 4.90 Å². The fourth-order valence-electron chi connectivity index (χ4n) is 3.44. The van der Waals surface area contributed by atoms with Crippen LogP contribution in [0.2, 0.25) is 5.02 Å². The number of carbonyl (C=O) groups excluding carboxylic acids is 2. The average molecular weight is 346 g/mol. The van der Waals surface area contributed by atoms with E-state index < -0.39 is 17.5 Å². The molecule has 2 aromatic rings. The molecule has 0 unspecified atom stereocenters. The minimum atomic E-state index is -0.907. The third-order valence-corrected chi connectivity index (χ3v) is 5.01. The first-order valence-corrected chi connectivity index (χ1v) is 7.91. The zero-order chi connectivity index (χ0) is 16.9. The van der Waals surface area contributed by atoms with Crippen molar-refractivity contribution in [3.63, 3.8) is 0 Å². The number of benzene rings is 1. The van der Waals surface area contributed by atoms with Crippen molar-refractivity contribution in [1.82, 2.24) is 10.3 Å². The summed E-state index contributed by atoms with van der Waals surface area (Å²) in [7, 11) is 0. The fourth-order valence-corrected chi connectivity index (χ4v) is 3.73. The van der Waals surface area contributed by atoms with Gasteiger partial charge in [0.2, 0.25) is 5.95 Å². The number of hydrogen-bond donors (Lipinski definition) is 1. The molecule has 1 saturated heterocycles. The van der Waals surface area contributed by atoms with E-state index in [9.17, 15) is 14.0 Å². The van der Waals surface area contributed by atoms with Gasteiger partial charge in [-0.3, -0.25) is 4.79 Å². The van der Waals surface area contributed by atoms with Gasteiger partial charge in [-0.25, -0.2) is 14.7 Å². The highest BCUT2D eigenvalue weighted by Gasteiger charge is 2.59. The van der Waals surface area contributed by atoms with Gasteiger partial charge in [-0.15, -0.1) is 0 Å². The van der Waals surface area contributed by atoms with Gasteiger partial charge in [-0.1, -0.05) is 29.8 Å². The molecular weight excluding hydrogens is 333 g/mol. The van der Waals surface area contributed by atoms with Crippen LogP contribution in [-0.2, 0) is 4.79 Å². The summed E-state index contributed by atoms with van der Waals surface area (Å²) in [4.78, 5) is 29.5. The van der Waals surface area contributed by atoms with Crippen LogP contribution < -0.4 is 10.2 Å². The van der Waals surface area contributed by atoms with Crippen molar-refractivity contribution < 1.29 is 14.0 Å². The molecule has 0 radical (unpaired) electrons. The van der Waals surface area contributed by atoms with E-state index in [-0.39, 0.29) is 17.5 Å². The molecule has 1 aromatic heterocycles. The predicted octanol–water partition coefficient (Wildman–Crippen LogP) is 3.25. The smallest absolute Gasteiger partial charge is 0.323 e. The maximum atomic E-state index is 12.9. The molecule has 1 aliphatic heterocycles. The summed E-state index contributed by atoms with van der Waals surface area (Å²) in [6.45, 7) is 0. The summed E-state index contributed by atoms with van der Waals surface area (Å²) in [5.74, 6) is -0.874. The van der Waals surface area contributed by atoms with Crippen LogP contribution >= 0.6 is 11.6 Å². The number of hydrogen-bond acceptors (Lipinski definition) is 3. The molecule has 2 heterocycles. The topological polar surface area (TPSA) is 62.3 Å². The Kier molecular flexibility index (Phi) is 3.31. The monoisotopic (exact) mass is 345 g/mol. The highest BCUT2D eigenvalue weighted by atomic mass is 35.5. The van der Waals surface area contributed by atoms with Crippen LogP contribution in [0.4, 0.5) is 14.9 Å². The maximum absolute atomic E-state index is 12.9. The fraction of sp³-hybridized carbons (Fsp3) is 0.235. The number of halogens is 2. The molecule has 0 bridgehead atoms. The number of carbonyl (C=O) groups is 2. The summed E-state index contributed by atoms with van der Waals surface area (Å²) < 4.78 is 12.9. The van der Waals surface area contributed by atoms with Crippen LogP contribution in [0.25, 0.3) is 0 Å². The van der Waals surface area contributed by atoms with Gasteiger partial charge in [0.1, 0.15) is 5.54 Å². The quantitative estimate of drug-likeness (QED) is 0.671. The number of urea groups is 1. The number of nitrogens with zero attached hydrogens (tertiary/aromatic N) is 2. The van der Waals surface area contributed by atoms with E-state index in [0.717, 1.165) is 16.5 Å². The van der Waals surface area contributed by atoms with Crippen molar-refractivity contribution in [3.8, 4) is 0 Å². The van der Waals surface area contributed by atoms with E-state index in [1.165, 1.54) is 12.3 Å². The first kappa shape index (κ1) is 15.1. The minimum Gasteiger partial charge on any atom is -0.323 e. The summed E-state index contributed by atoms with van der Waals surface area (Å²) in [5, 5.41) is 3.43. The second kappa shape index (κ2) is 5.27. The van der Waals surface area contributed by atoms with Crippen LogP contribution in [0.15, 0.2) is 42.6 Å². The first-order valence-electron chi connectivity index (χ1n) is 7.53. The van der Waals surface area contributed by atoms with E-state index >= 15 is 0 Å². The summed E-state index contributed by atoms with van der Waals surface area (Å²) in [6.07, 6.45) is 2.16. The molecule has 1 spiro atoms. The Hall–Kier alpha value is -2.47. The van der Waals surface area contributed by atoms with Crippen molar-refractivity contribution in [3.05, 3.63) is 59.1 Å². The largest absolute Gasteiger partial charge is 0.329 e. The van der Waals surface area contributed by atoms with Crippen molar-refractivity contribution in [2.45, 2.75) is 24.3 Å². The third kappa shape index (κ3) is 2.17. The van der Waals surface area contributed by atoms with Crippen molar-refractivity contribution in [1.29, 1.82) is 0 Å². The van der Waals surface area contributed by atoms with Crippen LogP contribution in [0.5, 0.6) is 0 Å². The molecule has 1 aromatic carbocycles. The van der Waals surface area contributed by atoms with Crippen LogP contribution in [0.3, 0.4) is 0 Å². The molecule has 7 heteroatoms. The number of rotatable bonds is 2. The lowest BCUT2D eigenvalue weighted by Gasteiger charge is -2.43. The van der Waals surface area contributed by atoms with Gasteiger partial charge in [-0.05, 0) is 42.5 Å². The predicted molar refractivity (Wildman–Crippen MR) is 86.4 cm³/mol. The Morgan fingerprint density at radius 1 is 1.21 bits per heavy atom.